The largest absolute Gasteiger partial charge is 0.462 e. The number of hydrogen-bond acceptors (Lipinski definition) is 5. The molecule has 130 valence electrons. The van der Waals surface area contributed by atoms with E-state index in [4.69, 9.17) is 4.74 Å². The summed E-state index contributed by atoms with van der Waals surface area (Å²) in [5.74, 6) is -1.61. The van der Waals surface area contributed by atoms with Gasteiger partial charge in [0.15, 0.2) is 0 Å². The van der Waals surface area contributed by atoms with E-state index in [-0.39, 0.29) is 0 Å². The summed E-state index contributed by atoms with van der Waals surface area (Å²) >= 11 is 0. The minimum absolute atomic E-state index is 0.303. The number of hydrogen-bond donors (Lipinski definition) is 1. The summed E-state index contributed by atoms with van der Waals surface area (Å²) in [4.78, 5) is 39.6. The molecule has 24 heavy (non-hydrogen) atoms. The first-order chi connectivity index (χ1) is 11.5. The van der Waals surface area contributed by atoms with Crippen molar-refractivity contribution in [1.29, 1.82) is 0 Å². The van der Waals surface area contributed by atoms with Crippen LogP contribution in [-0.2, 0) is 14.3 Å². The van der Waals surface area contributed by atoms with Crippen LogP contribution in [0.25, 0.3) is 0 Å². The van der Waals surface area contributed by atoms with Gasteiger partial charge in [-0.2, -0.15) is 0 Å². The molecule has 1 N–H and O–H groups in total. The number of anilines is 1. The fraction of sp³-hybridized carbons (Fsp3) is 0.471. The number of esters is 1. The number of likely N-dealkylation sites (N-methyl/N-ethyl adjacent to an activating group) is 1. The molecule has 1 aromatic carbocycles. The quantitative estimate of drug-likeness (QED) is 0.656. The highest BCUT2D eigenvalue weighted by atomic mass is 16.5. The first kappa shape index (κ1) is 17.9. The number of nitrogens with zero attached hydrogens (tertiary/aromatic N) is 2. The van der Waals surface area contributed by atoms with E-state index in [1.807, 2.05) is 0 Å². The smallest absolute Gasteiger partial charge is 0.338 e. The molecule has 0 saturated carbocycles. The average Bonchev–Trinajstić information content (AvgIpc) is 2.62. The van der Waals surface area contributed by atoms with Crippen LogP contribution < -0.4 is 5.32 Å². The van der Waals surface area contributed by atoms with Crippen LogP contribution in [0.2, 0.25) is 0 Å². The molecule has 7 nitrogen and oxygen atoms in total. The molecule has 1 saturated heterocycles. The molecular weight excluding hydrogens is 310 g/mol. The molecule has 0 radical (unpaired) electrons. The summed E-state index contributed by atoms with van der Waals surface area (Å²) < 4.78 is 4.89. The standard InChI is InChI=1S/C17H23N3O4/c1-3-19-9-11-20(12-10-19)16(22)15(21)18-14-7-5-13(6-8-14)17(23)24-4-2/h5-8H,3-4,9-12H2,1-2H3,(H,18,21). The fourth-order valence-corrected chi connectivity index (χ4v) is 2.50. The highest BCUT2D eigenvalue weighted by Crippen LogP contribution is 2.11. The van der Waals surface area contributed by atoms with Crippen LogP contribution in [0, 0.1) is 0 Å². The van der Waals surface area contributed by atoms with Crippen LogP contribution in [0.4, 0.5) is 5.69 Å². The van der Waals surface area contributed by atoms with Gasteiger partial charge >= 0.3 is 17.8 Å². The number of rotatable bonds is 4. The first-order valence-corrected chi connectivity index (χ1v) is 8.15. The van der Waals surface area contributed by atoms with Gasteiger partial charge in [-0.1, -0.05) is 6.92 Å². The van der Waals surface area contributed by atoms with Gasteiger partial charge in [0, 0.05) is 31.9 Å². The maximum Gasteiger partial charge on any atom is 0.338 e. The van der Waals surface area contributed by atoms with Gasteiger partial charge < -0.3 is 19.9 Å². The molecule has 0 spiro atoms. The second-order valence-corrected chi connectivity index (χ2v) is 5.48. The summed E-state index contributed by atoms with van der Waals surface area (Å²) in [6, 6.07) is 6.26. The minimum atomic E-state index is -0.663. The van der Waals surface area contributed by atoms with Crippen molar-refractivity contribution in [3.05, 3.63) is 29.8 Å². The van der Waals surface area contributed by atoms with E-state index in [0.717, 1.165) is 19.6 Å². The second kappa shape index (κ2) is 8.44. The van der Waals surface area contributed by atoms with Gasteiger partial charge in [-0.15, -0.1) is 0 Å². The Balaban J connectivity index is 1.89. The molecule has 0 bridgehead atoms. The summed E-state index contributed by atoms with van der Waals surface area (Å²) in [6.45, 7) is 7.73. The van der Waals surface area contributed by atoms with Crippen molar-refractivity contribution in [3.63, 3.8) is 0 Å². The number of nitrogens with one attached hydrogen (secondary N) is 1. The molecule has 0 atom stereocenters. The molecule has 0 unspecified atom stereocenters. The predicted octanol–water partition coefficient (Wildman–Crippen LogP) is 0.966. The normalized spacial score (nSPS) is 15.0. The lowest BCUT2D eigenvalue weighted by Crippen LogP contribution is -2.51. The summed E-state index contributed by atoms with van der Waals surface area (Å²) in [7, 11) is 0. The van der Waals surface area contributed by atoms with Crippen molar-refractivity contribution in [3.8, 4) is 0 Å². The molecule has 2 amide bonds. The number of carbonyl (C=O) groups excluding carboxylic acids is 3. The van der Waals surface area contributed by atoms with E-state index < -0.39 is 17.8 Å². The van der Waals surface area contributed by atoms with Crippen LogP contribution in [0.5, 0.6) is 0 Å². The second-order valence-electron chi connectivity index (χ2n) is 5.48. The van der Waals surface area contributed by atoms with Crippen molar-refractivity contribution in [2.24, 2.45) is 0 Å². The van der Waals surface area contributed by atoms with E-state index in [1.165, 1.54) is 0 Å². The van der Waals surface area contributed by atoms with Gasteiger partial charge in [-0.3, -0.25) is 9.59 Å². The van der Waals surface area contributed by atoms with Gasteiger partial charge in [-0.25, -0.2) is 4.79 Å². The third-order valence-corrected chi connectivity index (χ3v) is 3.95. The fourth-order valence-electron chi connectivity index (χ4n) is 2.50. The van der Waals surface area contributed by atoms with Gasteiger partial charge in [0.2, 0.25) is 0 Å². The molecule has 1 aliphatic heterocycles. The minimum Gasteiger partial charge on any atom is -0.462 e. The molecule has 0 aliphatic carbocycles. The number of piperazine rings is 1. The number of benzene rings is 1. The molecule has 1 aromatic rings. The molecule has 2 rings (SSSR count). The molecule has 0 aromatic heterocycles. The van der Waals surface area contributed by atoms with E-state index in [1.54, 1.807) is 36.1 Å². The zero-order valence-electron chi connectivity index (χ0n) is 14.1. The van der Waals surface area contributed by atoms with Crippen molar-refractivity contribution < 1.29 is 19.1 Å². The van der Waals surface area contributed by atoms with Gasteiger partial charge in [0.25, 0.3) is 0 Å². The summed E-state index contributed by atoms with van der Waals surface area (Å²) in [5, 5.41) is 2.57. The Labute approximate surface area is 141 Å². The lowest BCUT2D eigenvalue weighted by atomic mass is 10.2. The Bertz CT molecular complexity index is 592. The Kier molecular flexibility index (Phi) is 6.31. The maximum absolute atomic E-state index is 12.2. The zero-order valence-corrected chi connectivity index (χ0v) is 14.1. The van der Waals surface area contributed by atoms with E-state index >= 15 is 0 Å². The molecule has 1 fully saturated rings. The van der Waals surface area contributed by atoms with E-state index in [2.05, 4.69) is 17.1 Å². The molecule has 1 heterocycles. The maximum atomic E-state index is 12.2. The van der Waals surface area contributed by atoms with Gasteiger partial charge in [0.1, 0.15) is 0 Å². The average molecular weight is 333 g/mol. The van der Waals surface area contributed by atoms with Crippen molar-refractivity contribution >= 4 is 23.5 Å². The SMILES string of the molecule is CCOC(=O)c1ccc(NC(=O)C(=O)N2CCN(CC)CC2)cc1. The van der Waals surface area contributed by atoms with E-state index in [0.29, 0.717) is 30.9 Å². The third kappa shape index (κ3) is 4.55. The van der Waals surface area contributed by atoms with Gasteiger partial charge in [-0.05, 0) is 37.7 Å². The monoisotopic (exact) mass is 333 g/mol. The topological polar surface area (TPSA) is 78.9 Å². The summed E-state index contributed by atoms with van der Waals surface area (Å²) in [5.41, 5.74) is 0.866. The number of amides is 2. The Hall–Kier alpha value is -2.41. The van der Waals surface area contributed by atoms with Crippen LogP contribution in [0.15, 0.2) is 24.3 Å². The van der Waals surface area contributed by atoms with Gasteiger partial charge in [0.05, 0.1) is 12.2 Å². The Morgan fingerprint density at radius 1 is 1.04 bits per heavy atom. The Morgan fingerprint density at radius 3 is 2.21 bits per heavy atom. The number of carbonyl (C=O) groups is 3. The lowest BCUT2D eigenvalue weighted by molar-refractivity contribution is -0.144. The molecular formula is C17H23N3O4. The van der Waals surface area contributed by atoms with E-state index in [9.17, 15) is 14.4 Å². The van der Waals surface area contributed by atoms with Crippen molar-refractivity contribution in [2.75, 3.05) is 44.6 Å². The van der Waals surface area contributed by atoms with Crippen LogP contribution in [-0.4, -0.2) is 66.9 Å². The predicted molar refractivity (Wildman–Crippen MR) is 89.7 cm³/mol. The number of ether oxygens (including phenoxy) is 1. The zero-order chi connectivity index (χ0) is 17.5. The highest BCUT2D eigenvalue weighted by molar-refractivity contribution is 6.39. The molecule has 1 aliphatic rings. The van der Waals surface area contributed by atoms with Crippen LogP contribution in [0.3, 0.4) is 0 Å². The van der Waals surface area contributed by atoms with Crippen LogP contribution >= 0.6 is 0 Å². The molecule has 7 heteroatoms. The van der Waals surface area contributed by atoms with Crippen molar-refractivity contribution in [1.82, 2.24) is 9.80 Å². The first-order valence-electron chi connectivity index (χ1n) is 8.15. The van der Waals surface area contributed by atoms with Crippen molar-refractivity contribution in [2.45, 2.75) is 13.8 Å². The van der Waals surface area contributed by atoms with Crippen LogP contribution in [0.1, 0.15) is 24.2 Å². The lowest BCUT2D eigenvalue weighted by Gasteiger charge is -2.33. The Morgan fingerprint density at radius 2 is 1.67 bits per heavy atom. The highest BCUT2D eigenvalue weighted by Gasteiger charge is 2.25. The summed E-state index contributed by atoms with van der Waals surface area (Å²) in [6.07, 6.45) is 0. The third-order valence-electron chi connectivity index (χ3n) is 3.95.